The van der Waals surface area contributed by atoms with E-state index in [9.17, 15) is 4.79 Å². The van der Waals surface area contributed by atoms with Crippen LogP contribution >= 0.6 is 0 Å². The predicted octanol–water partition coefficient (Wildman–Crippen LogP) is 1.61. The van der Waals surface area contributed by atoms with E-state index in [-0.39, 0.29) is 12.5 Å². The summed E-state index contributed by atoms with van der Waals surface area (Å²) in [6.07, 6.45) is 2.75. The molecule has 0 unspecified atom stereocenters. The number of hydrogen-bond donors (Lipinski definition) is 3. The molecule has 134 valence electrons. The SMILES string of the molecule is CCCNC(=O)CNC(=NC)N(C)Cc1ncc(-c2ccccc2)[nH]1. The fourth-order valence-corrected chi connectivity index (χ4v) is 2.38. The van der Waals surface area contributed by atoms with Crippen LogP contribution in [-0.2, 0) is 11.3 Å². The third kappa shape index (κ3) is 5.63. The predicted molar refractivity (Wildman–Crippen MR) is 100 cm³/mol. The van der Waals surface area contributed by atoms with Gasteiger partial charge in [-0.1, -0.05) is 37.3 Å². The summed E-state index contributed by atoms with van der Waals surface area (Å²) in [5.41, 5.74) is 2.07. The normalized spacial score (nSPS) is 11.2. The second kappa shape index (κ2) is 9.46. The van der Waals surface area contributed by atoms with Crippen molar-refractivity contribution in [2.24, 2.45) is 4.99 Å². The van der Waals surface area contributed by atoms with E-state index < -0.39 is 0 Å². The van der Waals surface area contributed by atoms with Gasteiger partial charge in [0.25, 0.3) is 0 Å². The Balaban J connectivity index is 1.90. The molecule has 2 aromatic rings. The zero-order valence-electron chi connectivity index (χ0n) is 15.0. The molecule has 0 fully saturated rings. The van der Waals surface area contributed by atoms with Gasteiger partial charge in [0, 0.05) is 20.6 Å². The Morgan fingerprint density at radius 1 is 1.28 bits per heavy atom. The zero-order valence-corrected chi connectivity index (χ0v) is 15.0. The van der Waals surface area contributed by atoms with E-state index in [1.54, 1.807) is 7.05 Å². The van der Waals surface area contributed by atoms with Crippen LogP contribution in [0.3, 0.4) is 0 Å². The van der Waals surface area contributed by atoms with Crippen molar-refractivity contribution in [1.82, 2.24) is 25.5 Å². The van der Waals surface area contributed by atoms with E-state index in [0.717, 1.165) is 23.5 Å². The van der Waals surface area contributed by atoms with Crippen LogP contribution in [-0.4, -0.2) is 53.9 Å². The minimum absolute atomic E-state index is 0.0410. The van der Waals surface area contributed by atoms with Gasteiger partial charge >= 0.3 is 0 Å². The summed E-state index contributed by atoms with van der Waals surface area (Å²) >= 11 is 0. The van der Waals surface area contributed by atoms with Gasteiger partial charge in [0.2, 0.25) is 5.91 Å². The molecule has 0 aliphatic rings. The number of nitrogens with one attached hydrogen (secondary N) is 3. The Labute approximate surface area is 148 Å². The van der Waals surface area contributed by atoms with Crippen molar-refractivity contribution in [2.45, 2.75) is 19.9 Å². The lowest BCUT2D eigenvalue weighted by Crippen LogP contribution is -2.43. The molecule has 25 heavy (non-hydrogen) atoms. The van der Waals surface area contributed by atoms with Gasteiger partial charge in [-0.05, 0) is 12.0 Å². The molecule has 0 saturated heterocycles. The van der Waals surface area contributed by atoms with Crippen molar-refractivity contribution >= 4 is 11.9 Å². The molecule has 0 radical (unpaired) electrons. The van der Waals surface area contributed by atoms with E-state index in [0.29, 0.717) is 19.0 Å². The number of rotatable bonds is 7. The number of amides is 1. The van der Waals surface area contributed by atoms with Crippen molar-refractivity contribution in [3.63, 3.8) is 0 Å². The lowest BCUT2D eigenvalue weighted by Gasteiger charge is -2.20. The minimum Gasteiger partial charge on any atom is -0.355 e. The topological polar surface area (TPSA) is 85.4 Å². The molecule has 0 aliphatic carbocycles. The first-order valence-electron chi connectivity index (χ1n) is 8.41. The number of benzene rings is 1. The maximum absolute atomic E-state index is 11.7. The number of imidazole rings is 1. The number of carbonyl (C=O) groups excluding carboxylic acids is 1. The van der Waals surface area contributed by atoms with Crippen LogP contribution in [0.5, 0.6) is 0 Å². The fraction of sp³-hybridized carbons (Fsp3) is 0.389. The van der Waals surface area contributed by atoms with E-state index in [4.69, 9.17) is 0 Å². The van der Waals surface area contributed by atoms with Crippen molar-refractivity contribution in [2.75, 3.05) is 27.2 Å². The monoisotopic (exact) mass is 342 g/mol. The van der Waals surface area contributed by atoms with Gasteiger partial charge in [-0.15, -0.1) is 0 Å². The third-order valence-corrected chi connectivity index (χ3v) is 3.65. The number of aliphatic imine (C=N–C) groups is 1. The molecular formula is C18H26N6O. The summed E-state index contributed by atoms with van der Waals surface area (Å²) in [6.45, 7) is 3.46. The summed E-state index contributed by atoms with van der Waals surface area (Å²) in [5, 5.41) is 5.89. The van der Waals surface area contributed by atoms with Crippen LogP contribution in [0.2, 0.25) is 0 Å². The van der Waals surface area contributed by atoms with Crippen LogP contribution in [0, 0.1) is 0 Å². The average Bonchev–Trinajstić information content (AvgIpc) is 3.09. The number of H-pyrrole nitrogens is 1. The summed E-state index contributed by atoms with van der Waals surface area (Å²) in [7, 11) is 3.60. The Bertz CT molecular complexity index is 695. The third-order valence-electron chi connectivity index (χ3n) is 3.65. The molecule has 1 amide bonds. The van der Waals surface area contributed by atoms with Crippen LogP contribution in [0.1, 0.15) is 19.2 Å². The highest BCUT2D eigenvalue weighted by molar-refractivity contribution is 5.86. The number of carbonyl (C=O) groups is 1. The largest absolute Gasteiger partial charge is 0.355 e. The fourth-order valence-electron chi connectivity index (χ4n) is 2.38. The van der Waals surface area contributed by atoms with Crippen molar-refractivity contribution in [3.8, 4) is 11.3 Å². The number of aromatic amines is 1. The molecule has 1 heterocycles. The lowest BCUT2D eigenvalue weighted by atomic mass is 10.2. The van der Waals surface area contributed by atoms with Gasteiger partial charge in [-0.25, -0.2) is 4.98 Å². The second-order valence-corrected chi connectivity index (χ2v) is 5.72. The standard InChI is InChI=1S/C18H26N6O/c1-4-10-20-17(25)12-22-18(19-2)24(3)13-16-21-11-15(23-16)14-8-6-5-7-9-14/h5-9,11H,4,10,12-13H2,1-3H3,(H,19,22)(H,20,25)(H,21,23). The molecular weight excluding hydrogens is 316 g/mol. The van der Waals surface area contributed by atoms with Crippen LogP contribution in [0.15, 0.2) is 41.5 Å². The van der Waals surface area contributed by atoms with Crippen LogP contribution < -0.4 is 10.6 Å². The first-order chi connectivity index (χ1) is 12.1. The minimum atomic E-state index is -0.0410. The molecule has 1 aromatic heterocycles. The van der Waals surface area contributed by atoms with Crippen molar-refractivity contribution < 1.29 is 4.79 Å². The first-order valence-corrected chi connectivity index (χ1v) is 8.41. The number of aromatic nitrogens is 2. The quantitative estimate of drug-likeness (QED) is 0.527. The lowest BCUT2D eigenvalue weighted by molar-refractivity contribution is -0.120. The van der Waals surface area contributed by atoms with E-state index in [1.165, 1.54) is 0 Å². The number of nitrogens with zero attached hydrogens (tertiary/aromatic N) is 3. The first kappa shape index (κ1) is 18.5. The zero-order chi connectivity index (χ0) is 18.1. The van der Waals surface area contributed by atoms with Gasteiger partial charge in [0.05, 0.1) is 25.0 Å². The van der Waals surface area contributed by atoms with Gasteiger partial charge in [-0.3, -0.25) is 9.79 Å². The molecule has 2 rings (SSSR count). The number of hydrogen-bond acceptors (Lipinski definition) is 3. The molecule has 7 heteroatoms. The molecule has 0 spiro atoms. The second-order valence-electron chi connectivity index (χ2n) is 5.72. The number of guanidine groups is 1. The van der Waals surface area contributed by atoms with Gasteiger partial charge in [0.1, 0.15) is 5.82 Å². The van der Waals surface area contributed by atoms with E-state index >= 15 is 0 Å². The summed E-state index contributed by atoms with van der Waals surface area (Å²) in [4.78, 5) is 25.6. The Morgan fingerprint density at radius 2 is 2.04 bits per heavy atom. The highest BCUT2D eigenvalue weighted by atomic mass is 16.1. The Kier molecular flexibility index (Phi) is 7.00. The van der Waals surface area contributed by atoms with E-state index in [2.05, 4.69) is 25.6 Å². The average molecular weight is 342 g/mol. The summed E-state index contributed by atoms with van der Waals surface area (Å²) in [6, 6.07) is 10.1. The molecule has 3 N–H and O–H groups in total. The molecule has 1 aromatic carbocycles. The smallest absolute Gasteiger partial charge is 0.239 e. The van der Waals surface area contributed by atoms with Gasteiger partial charge in [0.15, 0.2) is 5.96 Å². The molecule has 0 bridgehead atoms. The summed E-state index contributed by atoms with van der Waals surface area (Å²) in [5.74, 6) is 1.44. The maximum Gasteiger partial charge on any atom is 0.239 e. The maximum atomic E-state index is 11.7. The Morgan fingerprint density at radius 3 is 2.72 bits per heavy atom. The van der Waals surface area contributed by atoms with E-state index in [1.807, 2.05) is 55.4 Å². The highest BCUT2D eigenvalue weighted by Crippen LogP contribution is 2.16. The molecule has 0 saturated carbocycles. The van der Waals surface area contributed by atoms with Crippen molar-refractivity contribution in [1.29, 1.82) is 0 Å². The molecule has 0 atom stereocenters. The Hall–Kier alpha value is -2.83. The molecule has 0 aliphatic heterocycles. The van der Waals surface area contributed by atoms with Gasteiger partial charge < -0.3 is 20.5 Å². The summed E-state index contributed by atoms with van der Waals surface area (Å²) < 4.78 is 0. The molecule has 7 nitrogen and oxygen atoms in total. The van der Waals surface area contributed by atoms with Crippen LogP contribution in [0.4, 0.5) is 0 Å². The highest BCUT2D eigenvalue weighted by Gasteiger charge is 2.11. The van der Waals surface area contributed by atoms with Crippen LogP contribution in [0.25, 0.3) is 11.3 Å². The van der Waals surface area contributed by atoms with Gasteiger partial charge in [-0.2, -0.15) is 0 Å². The van der Waals surface area contributed by atoms with Crippen molar-refractivity contribution in [3.05, 3.63) is 42.4 Å².